The van der Waals surface area contributed by atoms with Crippen LogP contribution in [0.4, 0.5) is 5.82 Å². The summed E-state index contributed by atoms with van der Waals surface area (Å²) in [6.45, 7) is 7.59. The molecule has 0 bridgehead atoms. The molecule has 2 rings (SSSR count). The Kier molecular flexibility index (Phi) is 6.04. The minimum Gasteiger partial charge on any atom is -0.356 e. The fourth-order valence-corrected chi connectivity index (χ4v) is 3.31. The number of anilines is 1. The van der Waals surface area contributed by atoms with Gasteiger partial charge in [-0.15, -0.1) is 0 Å². The molecule has 1 saturated carbocycles. The van der Waals surface area contributed by atoms with Crippen molar-refractivity contribution in [3.63, 3.8) is 0 Å². The van der Waals surface area contributed by atoms with Crippen LogP contribution in [-0.2, 0) is 6.54 Å². The predicted molar refractivity (Wildman–Crippen MR) is 90.7 cm³/mol. The van der Waals surface area contributed by atoms with Crippen molar-refractivity contribution in [3.05, 3.63) is 23.9 Å². The Morgan fingerprint density at radius 1 is 1.29 bits per heavy atom. The molecule has 0 atom stereocenters. The van der Waals surface area contributed by atoms with Crippen LogP contribution in [0.1, 0.15) is 58.4 Å². The summed E-state index contributed by atoms with van der Waals surface area (Å²) in [4.78, 5) is 7.08. The summed E-state index contributed by atoms with van der Waals surface area (Å²) in [5.41, 5.74) is 1.31. The molecular formula is C18H31N3. The lowest BCUT2D eigenvalue weighted by molar-refractivity contribution is 0.312. The first-order valence-electron chi connectivity index (χ1n) is 8.51. The molecule has 1 aromatic heterocycles. The summed E-state index contributed by atoms with van der Waals surface area (Å²) in [6.07, 6.45) is 8.62. The molecule has 118 valence electrons. The van der Waals surface area contributed by atoms with Crippen LogP contribution in [-0.4, -0.2) is 24.1 Å². The number of nitrogens with one attached hydrogen (secondary N) is 1. The molecule has 3 heteroatoms. The third kappa shape index (κ3) is 4.44. The maximum absolute atomic E-state index is 4.66. The Morgan fingerprint density at radius 3 is 2.62 bits per heavy atom. The Morgan fingerprint density at radius 2 is 2.00 bits per heavy atom. The molecule has 1 fully saturated rings. The molecule has 0 saturated heterocycles. The van der Waals surface area contributed by atoms with Crippen LogP contribution >= 0.6 is 0 Å². The maximum Gasteiger partial charge on any atom is 0.132 e. The highest BCUT2D eigenvalue weighted by Crippen LogP contribution is 2.31. The van der Waals surface area contributed by atoms with Gasteiger partial charge in [0.25, 0.3) is 0 Å². The number of aromatic nitrogens is 1. The SMILES string of the molecule is CCC1CCC(N(C)c2ncccc2CNC(C)C)CC1. The van der Waals surface area contributed by atoms with E-state index in [-0.39, 0.29) is 0 Å². The molecule has 0 aromatic carbocycles. The van der Waals surface area contributed by atoms with E-state index < -0.39 is 0 Å². The van der Waals surface area contributed by atoms with Gasteiger partial charge in [0.1, 0.15) is 5.82 Å². The highest BCUT2D eigenvalue weighted by Gasteiger charge is 2.24. The second kappa shape index (κ2) is 7.79. The second-order valence-electron chi connectivity index (χ2n) is 6.72. The van der Waals surface area contributed by atoms with Gasteiger partial charge < -0.3 is 10.2 Å². The monoisotopic (exact) mass is 289 g/mol. The first kappa shape index (κ1) is 16.3. The van der Waals surface area contributed by atoms with Gasteiger partial charge in [-0.25, -0.2) is 4.98 Å². The summed E-state index contributed by atoms with van der Waals surface area (Å²) in [6, 6.07) is 5.40. The van der Waals surface area contributed by atoms with Crippen LogP contribution in [0.25, 0.3) is 0 Å². The van der Waals surface area contributed by atoms with Crippen LogP contribution in [0.2, 0.25) is 0 Å². The van der Waals surface area contributed by atoms with Gasteiger partial charge in [-0.3, -0.25) is 0 Å². The molecule has 1 aliphatic rings. The number of hydrogen-bond acceptors (Lipinski definition) is 3. The lowest BCUT2D eigenvalue weighted by atomic mass is 9.84. The molecule has 0 spiro atoms. The molecule has 1 heterocycles. The number of rotatable bonds is 6. The molecule has 1 aromatic rings. The average Bonchev–Trinajstić information content (AvgIpc) is 2.52. The molecule has 0 radical (unpaired) electrons. The molecule has 21 heavy (non-hydrogen) atoms. The van der Waals surface area contributed by atoms with Gasteiger partial charge in [0.2, 0.25) is 0 Å². The van der Waals surface area contributed by atoms with Crippen molar-refractivity contribution >= 4 is 5.82 Å². The normalized spacial score (nSPS) is 22.5. The van der Waals surface area contributed by atoms with E-state index in [1.54, 1.807) is 0 Å². The van der Waals surface area contributed by atoms with Crippen LogP contribution in [0.15, 0.2) is 18.3 Å². The molecule has 0 aliphatic heterocycles. The highest BCUT2D eigenvalue weighted by atomic mass is 15.2. The summed E-state index contributed by atoms with van der Waals surface area (Å²) in [5.74, 6) is 2.10. The lowest BCUT2D eigenvalue weighted by Crippen LogP contribution is -2.36. The molecule has 0 amide bonds. The fraction of sp³-hybridized carbons (Fsp3) is 0.722. The number of pyridine rings is 1. The van der Waals surface area contributed by atoms with Crippen LogP contribution in [0.5, 0.6) is 0 Å². The molecule has 0 unspecified atom stereocenters. The van der Waals surface area contributed by atoms with E-state index in [9.17, 15) is 0 Å². The first-order valence-corrected chi connectivity index (χ1v) is 8.51. The maximum atomic E-state index is 4.66. The van der Waals surface area contributed by atoms with Gasteiger partial charge in [0, 0.05) is 37.4 Å². The zero-order valence-corrected chi connectivity index (χ0v) is 14.1. The third-order valence-corrected chi connectivity index (χ3v) is 4.84. The largest absolute Gasteiger partial charge is 0.356 e. The summed E-state index contributed by atoms with van der Waals surface area (Å²) >= 11 is 0. The fourth-order valence-electron chi connectivity index (χ4n) is 3.31. The van der Waals surface area contributed by atoms with Crippen molar-refractivity contribution in [1.29, 1.82) is 0 Å². The Bertz CT molecular complexity index is 422. The second-order valence-corrected chi connectivity index (χ2v) is 6.72. The van der Waals surface area contributed by atoms with E-state index >= 15 is 0 Å². The smallest absolute Gasteiger partial charge is 0.132 e. The van der Waals surface area contributed by atoms with Crippen molar-refractivity contribution < 1.29 is 0 Å². The van der Waals surface area contributed by atoms with E-state index in [1.807, 2.05) is 12.3 Å². The topological polar surface area (TPSA) is 28.2 Å². The standard InChI is InChI=1S/C18H31N3/c1-5-15-8-10-17(11-9-15)21(4)18-16(7-6-12-19-18)13-20-14(2)3/h6-7,12,14-15,17,20H,5,8-11,13H2,1-4H3. The Hall–Kier alpha value is -1.09. The zero-order valence-electron chi connectivity index (χ0n) is 14.1. The van der Waals surface area contributed by atoms with Crippen molar-refractivity contribution in [2.45, 2.75) is 71.5 Å². The van der Waals surface area contributed by atoms with E-state index in [1.165, 1.54) is 37.7 Å². The number of nitrogens with zero attached hydrogens (tertiary/aromatic N) is 2. The lowest BCUT2D eigenvalue weighted by Gasteiger charge is -2.36. The van der Waals surface area contributed by atoms with Gasteiger partial charge in [0.15, 0.2) is 0 Å². The van der Waals surface area contributed by atoms with Crippen LogP contribution < -0.4 is 10.2 Å². The molecular weight excluding hydrogens is 258 g/mol. The van der Waals surface area contributed by atoms with Gasteiger partial charge in [-0.1, -0.05) is 33.3 Å². The summed E-state index contributed by atoms with van der Waals surface area (Å²) in [5, 5.41) is 3.51. The highest BCUT2D eigenvalue weighted by molar-refractivity contribution is 5.47. The number of hydrogen-bond donors (Lipinski definition) is 1. The minimum absolute atomic E-state index is 0.503. The van der Waals surface area contributed by atoms with Crippen LogP contribution in [0, 0.1) is 5.92 Å². The molecule has 1 aliphatic carbocycles. The van der Waals surface area contributed by atoms with E-state index in [0.717, 1.165) is 18.3 Å². The van der Waals surface area contributed by atoms with Crippen LogP contribution in [0.3, 0.4) is 0 Å². The quantitative estimate of drug-likeness (QED) is 0.858. The van der Waals surface area contributed by atoms with Gasteiger partial charge in [-0.2, -0.15) is 0 Å². The molecule has 3 nitrogen and oxygen atoms in total. The average molecular weight is 289 g/mol. The first-order chi connectivity index (χ1) is 10.1. The van der Waals surface area contributed by atoms with Crippen molar-refractivity contribution in [1.82, 2.24) is 10.3 Å². The van der Waals surface area contributed by atoms with Gasteiger partial charge in [-0.05, 0) is 37.7 Å². The zero-order chi connectivity index (χ0) is 15.2. The van der Waals surface area contributed by atoms with Crippen molar-refractivity contribution in [2.75, 3.05) is 11.9 Å². The third-order valence-electron chi connectivity index (χ3n) is 4.84. The van der Waals surface area contributed by atoms with E-state index in [0.29, 0.717) is 12.1 Å². The van der Waals surface area contributed by atoms with Crippen molar-refractivity contribution in [3.8, 4) is 0 Å². The predicted octanol–water partition coefficient (Wildman–Crippen LogP) is 3.98. The summed E-state index contributed by atoms with van der Waals surface area (Å²) < 4.78 is 0. The van der Waals surface area contributed by atoms with E-state index in [4.69, 9.17) is 0 Å². The Balaban J connectivity index is 2.03. The summed E-state index contributed by atoms with van der Waals surface area (Å²) in [7, 11) is 2.22. The van der Waals surface area contributed by atoms with Crippen molar-refractivity contribution in [2.24, 2.45) is 5.92 Å². The Labute approximate surface area is 130 Å². The van der Waals surface area contributed by atoms with Gasteiger partial charge in [0.05, 0.1) is 0 Å². The molecule has 1 N–H and O–H groups in total. The minimum atomic E-state index is 0.503. The van der Waals surface area contributed by atoms with E-state index in [2.05, 4.69) is 49.1 Å². The van der Waals surface area contributed by atoms with Gasteiger partial charge >= 0.3 is 0 Å².